The van der Waals surface area contributed by atoms with E-state index in [1.165, 1.54) is 19.5 Å². The quantitative estimate of drug-likeness (QED) is 0.674. The fraction of sp³-hybridized carbons (Fsp3) is 1.00. The molecule has 1 saturated heterocycles. The van der Waals surface area contributed by atoms with Crippen LogP contribution in [0.3, 0.4) is 0 Å². The molecule has 0 aromatic heterocycles. The van der Waals surface area contributed by atoms with Crippen LogP contribution in [0, 0.1) is 11.8 Å². The summed E-state index contributed by atoms with van der Waals surface area (Å²) in [6, 6.07) is 0. The van der Waals surface area contributed by atoms with Gasteiger partial charge >= 0.3 is 0 Å². The second kappa shape index (κ2) is 4.40. The summed E-state index contributed by atoms with van der Waals surface area (Å²) in [6.07, 6.45) is 1.43. The van der Waals surface area contributed by atoms with Gasteiger partial charge in [0.1, 0.15) is 0 Å². The number of morpholine rings is 1. The first-order valence-electron chi connectivity index (χ1n) is 5.35. The number of hydrogen-bond donors (Lipinski definition) is 1. The van der Waals surface area contributed by atoms with Gasteiger partial charge < -0.3 is 10.1 Å². The Hall–Kier alpha value is -0.120. The van der Waals surface area contributed by atoms with Crippen molar-refractivity contribution < 1.29 is 4.74 Å². The zero-order valence-electron chi connectivity index (χ0n) is 8.46. The highest BCUT2D eigenvalue weighted by Crippen LogP contribution is 2.38. The lowest BCUT2D eigenvalue weighted by atomic mass is 10.3. The van der Waals surface area contributed by atoms with Gasteiger partial charge in [-0.3, -0.25) is 4.90 Å². The van der Waals surface area contributed by atoms with Crippen molar-refractivity contribution in [3.63, 3.8) is 0 Å². The molecule has 1 N–H and O–H groups in total. The molecule has 0 radical (unpaired) electrons. The molecule has 2 rings (SSSR count). The smallest absolute Gasteiger partial charge is 0.0594 e. The van der Waals surface area contributed by atoms with E-state index in [0.717, 1.165) is 38.1 Å². The molecule has 0 spiro atoms. The number of nitrogens with one attached hydrogen (secondary N) is 1. The zero-order chi connectivity index (χ0) is 9.10. The van der Waals surface area contributed by atoms with Crippen LogP contribution in [0.25, 0.3) is 0 Å². The summed E-state index contributed by atoms with van der Waals surface area (Å²) >= 11 is 0. The predicted molar refractivity (Wildman–Crippen MR) is 52.8 cm³/mol. The van der Waals surface area contributed by atoms with Gasteiger partial charge in [0.05, 0.1) is 13.2 Å². The van der Waals surface area contributed by atoms with Gasteiger partial charge in [-0.25, -0.2) is 0 Å². The molecule has 0 aromatic rings. The summed E-state index contributed by atoms with van der Waals surface area (Å²) in [4.78, 5) is 2.55. The SMILES string of the molecule is CNC[C@@H]1C[C@@H]1CN1CCOCC1. The number of rotatable bonds is 4. The van der Waals surface area contributed by atoms with Gasteiger partial charge in [-0.1, -0.05) is 0 Å². The van der Waals surface area contributed by atoms with Crippen LogP contribution < -0.4 is 5.32 Å². The first-order valence-corrected chi connectivity index (χ1v) is 5.35. The standard InChI is InChI=1S/C10H20N2O/c1-11-7-9-6-10(9)8-12-2-4-13-5-3-12/h9-11H,2-8H2,1H3/t9-,10+/m0/s1. The van der Waals surface area contributed by atoms with Gasteiger partial charge in [0.25, 0.3) is 0 Å². The lowest BCUT2D eigenvalue weighted by molar-refractivity contribution is 0.0351. The maximum absolute atomic E-state index is 5.32. The Morgan fingerprint density at radius 1 is 1.31 bits per heavy atom. The fourth-order valence-corrected chi connectivity index (χ4v) is 2.16. The van der Waals surface area contributed by atoms with E-state index in [1.807, 2.05) is 7.05 Å². The molecule has 13 heavy (non-hydrogen) atoms. The second-order valence-corrected chi connectivity index (χ2v) is 4.23. The van der Waals surface area contributed by atoms with E-state index in [1.54, 1.807) is 0 Å². The van der Waals surface area contributed by atoms with Crippen molar-refractivity contribution in [1.29, 1.82) is 0 Å². The average molecular weight is 184 g/mol. The molecule has 3 heteroatoms. The minimum atomic E-state index is 0.934. The number of nitrogens with zero attached hydrogens (tertiary/aromatic N) is 1. The molecule has 1 saturated carbocycles. The van der Waals surface area contributed by atoms with Gasteiger partial charge in [0.2, 0.25) is 0 Å². The lowest BCUT2D eigenvalue weighted by Crippen LogP contribution is -2.37. The third kappa shape index (κ3) is 2.66. The van der Waals surface area contributed by atoms with Crippen molar-refractivity contribution >= 4 is 0 Å². The maximum Gasteiger partial charge on any atom is 0.0594 e. The van der Waals surface area contributed by atoms with Gasteiger partial charge in [0, 0.05) is 19.6 Å². The van der Waals surface area contributed by atoms with Crippen molar-refractivity contribution in [2.45, 2.75) is 6.42 Å². The van der Waals surface area contributed by atoms with E-state index in [2.05, 4.69) is 10.2 Å². The van der Waals surface area contributed by atoms with Crippen LogP contribution in [0.2, 0.25) is 0 Å². The van der Waals surface area contributed by atoms with Crippen molar-refractivity contribution in [1.82, 2.24) is 10.2 Å². The van der Waals surface area contributed by atoms with Gasteiger partial charge in [0.15, 0.2) is 0 Å². The third-order valence-corrected chi connectivity index (χ3v) is 3.13. The maximum atomic E-state index is 5.32. The fourth-order valence-electron chi connectivity index (χ4n) is 2.16. The Morgan fingerprint density at radius 2 is 2.08 bits per heavy atom. The molecule has 76 valence electrons. The Kier molecular flexibility index (Phi) is 3.19. The van der Waals surface area contributed by atoms with Crippen LogP contribution in [-0.4, -0.2) is 51.3 Å². The molecule has 2 atom stereocenters. The number of ether oxygens (including phenoxy) is 1. The molecule has 2 fully saturated rings. The highest BCUT2D eigenvalue weighted by molar-refractivity contribution is 4.89. The van der Waals surface area contributed by atoms with Crippen molar-refractivity contribution in [2.24, 2.45) is 11.8 Å². The van der Waals surface area contributed by atoms with Crippen LogP contribution >= 0.6 is 0 Å². The minimum absolute atomic E-state index is 0.934. The molecule has 1 heterocycles. The summed E-state index contributed by atoms with van der Waals surface area (Å²) in [5.74, 6) is 1.92. The molecular weight excluding hydrogens is 164 g/mol. The van der Waals surface area contributed by atoms with Crippen LogP contribution in [0.15, 0.2) is 0 Å². The third-order valence-electron chi connectivity index (χ3n) is 3.13. The lowest BCUT2D eigenvalue weighted by Gasteiger charge is -2.26. The van der Waals surface area contributed by atoms with Crippen LogP contribution in [-0.2, 0) is 4.74 Å². The Balaban J connectivity index is 1.62. The largest absolute Gasteiger partial charge is 0.379 e. The van der Waals surface area contributed by atoms with Crippen LogP contribution in [0.4, 0.5) is 0 Å². The highest BCUT2D eigenvalue weighted by Gasteiger charge is 2.37. The van der Waals surface area contributed by atoms with E-state index in [4.69, 9.17) is 4.74 Å². The summed E-state index contributed by atoms with van der Waals surface area (Å²) < 4.78 is 5.32. The van der Waals surface area contributed by atoms with E-state index in [0.29, 0.717) is 0 Å². The van der Waals surface area contributed by atoms with Gasteiger partial charge in [-0.05, 0) is 31.8 Å². The Morgan fingerprint density at radius 3 is 2.77 bits per heavy atom. The Labute approximate surface area is 80.4 Å². The van der Waals surface area contributed by atoms with E-state index >= 15 is 0 Å². The second-order valence-electron chi connectivity index (χ2n) is 4.23. The molecule has 0 bridgehead atoms. The van der Waals surface area contributed by atoms with Crippen molar-refractivity contribution in [3.8, 4) is 0 Å². The highest BCUT2D eigenvalue weighted by atomic mass is 16.5. The first-order chi connectivity index (χ1) is 6.40. The van der Waals surface area contributed by atoms with E-state index in [9.17, 15) is 0 Å². The first kappa shape index (κ1) is 9.44. The van der Waals surface area contributed by atoms with E-state index < -0.39 is 0 Å². The molecule has 0 amide bonds. The summed E-state index contributed by atoms with van der Waals surface area (Å²) in [7, 11) is 2.05. The monoisotopic (exact) mass is 184 g/mol. The van der Waals surface area contributed by atoms with Gasteiger partial charge in [-0.15, -0.1) is 0 Å². The molecular formula is C10H20N2O. The molecule has 1 aliphatic carbocycles. The average Bonchev–Trinajstić information content (AvgIpc) is 2.86. The topological polar surface area (TPSA) is 24.5 Å². The van der Waals surface area contributed by atoms with Crippen LogP contribution in [0.5, 0.6) is 0 Å². The normalized spacial score (nSPS) is 34.8. The molecule has 3 nitrogen and oxygen atoms in total. The minimum Gasteiger partial charge on any atom is -0.379 e. The molecule has 1 aliphatic heterocycles. The van der Waals surface area contributed by atoms with Gasteiger partial charge in [-0.2, -0.15) is 0 Å². The molecule has 0 aromatic carbocycles. The summed E-state index contributed by atoms with van der Waals surface area (Å²) in [5.41, 5.74) is 0. The zero-order valence-corrected chi connectivity index (χ0v) is 8.46. The summed E-state index contributed by atoms with van der Waals surface area (Å²) in [5, 5.41) is 3.25. The van der Waals surface area contributed by atoms with E-state index in [-0.39, 0.29) is 0 Å². The number of hydrogen-bond acceptors (Lipinski definition) is 3. The Bertz CT molecular complexity index is 157. The van der Waals surface area contributed by atoms with Crippen molar-refractivity contribution in [3.05, 3.63) is 0 Å². The summed E-state index contributed by atoms with van der Waals surface area (Å²) in [6.45, 7) is 6.66. The van der Waals surface area contributed by atoms with Crippen LogP contribution in [0.1, 0.15) is 6.42 Å². The predicted octanol–water partition coefficient (Wildman–Crippen LogP) is 0.174. The molecule has 0 unspecified atom stereocenters. The molecule has 2 aliphatic rings. The van der Waals surface area contributed by atoms with Crippen molar-refractivity contribution in [2.75, 3.05) is 46.4 Å².